The first-order chi connectivity index (χ1) is 10.7. The molecule has 3 heteroatoms. The molecule has 1 nitrogen and oxygen atoms in total. The molecule has 1 aliphatic heterocycles. The van der Waals surface area contributed by atoms with Gasteiger partial charge in [-0.25, -0.2) is 8.78 Å². The maximum Gasteiger partial charge on any atom is 0.126 e. The van der Waals surface area contributed by atoms with Crippen LogP contribution in [-0.2, 0) is 5.41 Å². The van der Waals surface area contributed by atoms with Crippen LogP contribution < -0.4 is 0 Å². The molecule has 1 spiro atoms. The molecule has 0 bridgehead atoms. The minimum absolute atomic E-state index is 0.0672. The lowest BCUT2D eigenvalue weighted by molar-refractivity contribution is 0.348. The summed E-state index contributed by atoms with van der Waals surface area (Å²) in [6.45, 7) is 0. The zero-order chi connectivity index (χ0) is 15.2. The normalized spacial score (nSPS) is 26.4. The summed E-state index contributed by atoms with van der Waals surface area (Å²) in [4.78, 5) is 4.57. The van der Waals surface area contributed by atoms with Gasteiger partial charge in [0.25, 0.3) is 0 Å². The number of aliphatic imine (C=N–C) groups is 1. The van der Waals surface area contributed by atoms with Crippen LogP contribution in [0.3, 0.4) is 0 Å². The molecule has 2 aromatic carbocycles. The Morgan fingerprint density at radius 3 is 2.64 bits per heavy atom. The highest BCUT2D eigenvalue weighted by Gasteiger charge is 2.41. The van der Waals surface area contributed by atoms with E-state index < -0.39 is 11.6 Å². The highest BCUT2D eigenvalue weighted by Crippen LogP contribution is 2.50. The average Bonchev–Trinajstić information content (AvgIpc) is 2.85. The fourth-order valence-corrected chi connectivity index (χ4v) is 4.03. The van der Waals surface area contributed by atoms with Gasteiger partial charge >= 0.3 is 0 Å². The van der Waals surface area contributed by atoms with Crippen molar-refractivity contribution in [1.82, 2.24) is 0 Å². The Balaban J connectivity index is 1.70. The molecule has 1 aliphatic carbocycles. The Morgan fingerprint density at radius 1 is 1.05 bits per heavy atom. The van der Waals surface area contributed by atoms with Crippen molar-refractivity contribution in [1.29, 1.82) is 0 Å². The highest BCUT2D eigenvalue weighted by molar-refractivity contribution is 5.85. The molecule has 2 unspecified atom stereocenters. The second kappa shape index (κ2) is 5.01. The molecule has 2 aromatic rings. The molecule has 1 heterocycles. The third-order valence-electron chi connectivity index (χ3n) is 5.03. The molecule has 1 fully saturated rings. The van der Waals surface area contributed by atoms with Crippen molar-refractivity contribution in [3.63, 3.8) is 0 Å². The van der Waals surface area contributed by atoms with Gasteiger partial charge in [-0.15, -0.1) is 0 Å². The first-order valence-electron chi connectivity index (χ1n) is 7.77. The number of benzene rings is 2. The van der Waals surface area contributed by atoms with Crippen molar-refractivity contribution in [2.75, 3.05) is 0 Å². The van der Waals surface area contributed by atoms with Gasteiger partial charge < -0.3 is 0 Å². The summed E-state index contributed by atoms with van der Waals surface area (Å²) in [5, 5.41) is 0. The van der Waals surface area contributed by atoms with Crippen LogP contribution in [0.25, 0.3) is 0 Å². The molecule has 2 atom stereocenters. The van der Waals surface area contributed by atoms with Crippen LogP contribution in [0.5, 0.6) is 0 Å². The van der Waals surface area contributed by atoms with Crippen LogP contribution in [0.1, 0.15) is 42.7 Å². The molecule has 2 aliphatic rings. The van der Waals surface area contributed by atoms with Gasteiger partial charge in [-0.3, -0.25) is 4.99 Å². The van der Waals surface area contributed by atoms with E-state index in [1.54, 1.807) is 0 Å². The predicted molar refractivity (Wildman–Crippen MR) is 83.8 cm³/mol. The van der Waals surface area contributed by atoms with E-state index >= 15 is 0 Å². The fraction of sp³-hybridized carbons (Fsp3) is 0.316. The van der Waals surface area contributed by atoms with Crippen LogP contribution in [0.15, 0.2) is 47.5 Å². The summed E-state index contributed by atoms with van der Waals surface area (Å²) < 4.78 is 27.0. The monoisotopic (exact) mass is 297 g/mol. The Kier molecular flexibility index (Phi) is 3.10. The third-order valence-corrected chi connectivity index (χ3v) is 5.03. The van der Waals surface area contributed by atoms with Crippen molar-refractivity contribution < 1.29 is 8.78 Å². The van der Waals surface area contributed by atoms with E-state index in [1.807, 2.05) is 18.2 Å². The lowest BCUT2D eigenvalue weighted by Crippen LogP contribution is -2.32. The molecule has 1 saturated carbocycles. The van der Waals surface area contributed by atoms with Crippen molar-refractivity contribution >= 4 is 11.9 Å². The molecule has 22 heavy (non-hydrogen) atoms. The summed E-state index contributed by atoms with van der Waals surface area (Å²) >= 11 is 0. The summed E-state index contributed by atoms with van der Waals surface area (Å²) in [6, 6.07) is 12.1. The van der Waals surface area contributed by atoms with E-state index in [0.717, 1.165) is 43.0 Å². The first-order valence-corrected chi connectivity index (χ1v) is 7.77. The summed E-state index contributed by atoms with van der Waals surface area (Å²) in [7, 11) is 0. The molecular weight excluding hydrogens is 280 g/mol. The first kappa shape index (κ1) is 13.6. The van der Waals surface area contributed by atoms with Gasteiger partial charge in [-0.2, -0.15) is 0 Å². The van der Waals surface area contributed by atoms with Gasteiger partial charge in [0.05, 0.1) is 5.69 Å². The number of nitrogens with zero attached hydrogens (tertiary/aromatic N) is 1. The Labute approximate surface area is 128 Å². The number of rotatable bonds is 1. The largest absolute Gasteiger partial charge is 0.260 e. The van der Waals surface area contributed by atoms with E-state index in [1.165, 1.54) is 17.7 Å². The molecule has 0 aromatic heterocycles. The van der Waals surface area contributed by atoms with Crippen molar-refractivity contribution in [3.05, 3.63) is 65.2 Å². The smallest absolute Gasteiger partial charge is 0.126 e. The van der Waals surface area contributed by atoms with Gasteiger partial charge in [0.1, 0.15) is 11.6 Å². The standard InChI is InChI=1S/C19H17F2N/c20-15-8-14(9-16(21)10-15)13-4-3-7-19(11-13)12-22-18-6-2-1-5-17(18)19/h1-2,5-6,8-10,12-13H,3-4,7,11H2. The van der Waals surface area contributed by atoms with Crippen molar-refractivity contribution in [2.24, 2.45) is 4.99 Å². The van der Waals surface area contributed by atoms with Crippen LogP contribution in [-0.4, -0.2) is 6.21 Å². The van der Waals surface area contributed by atoms with E-state index in [-0.39, 0.29) is 11.3 Å². The van der Waals surface area contributed by atoms with E-state index in [4.69, 9.17) is 0 Å². The number of hydrogen-bond donors (Lipinski definition) is 0. The van der Waals surface area contributed by atoms with E-state index in [9.17, 15) is 8.78 Å². The molecule has 0 radical (unpaired) electrons. The number of hydrogen-bond acceptors (Lipinski definition) is 1. The average molecular weight is 297 g/mol. The highest BCUT2D eigenvalue weighted by atomic mass is 19.1. The molecule has 0 saturated heterocycles. The summed E-state index contributed by atoms with van der Waals surface area (Å²) in [5.74, 6) is -0.804. The summed E-state index contributed by atoms with van der Waals surface area (Å²) in [5.41, 5.74) is 3.00. The molecule has 0 N–H and O–H groups in total. The second-order valence-corrected chi connectivity index (χ2v) is 6.43. The van der Waals surface area contributed by atoms with Crippen molar-refractivity contribution in [2.45, 2.75) is 37.0 Å². The Morgan fingerprint density at radius 2 is 1.82 bits per heavy atom. The zero-order valence-electron chi connectivity index (χ0n) is 12.2. The molecule has 4 rings (SSSR count). The van der Waals surface area contributed by atoms with Crippen LogP contribution in [0.2, 0.25) is 0 Å². The van der Waals surface area contributed by atoms with Crippen LogP contribution in [0.4, 0.5) is 14.5 Å². The lowest BCUT2D eigenvalue weighted by Gasteiger charge is -2.37. The van der Waals surface area contributed by atoms with Gasteiger partial charge in [0, 0.05) is 17.7 Å². The zero-order valence-corrected chi connectivity index (χ0v) is 12.2. The van der Waals surface area contributed by atoms with Crippen LogP contribution >= 0.6 is 0 Å². The predicted octanol–water partition coefficient (Wildman–Crippen LogP) is 5.28. The quantitative estimate of drug-likeness (QED) is 0.679. The third kappa shape index (κ3) is 2.16. The van der Waals surface area contributed by atoms with E-state index in [0.29, 0.717) is 0 Å². The lowest BCUT2D eigenvalue weighted by atomic mass is 9.65. The van der Waals surface area contributed by atoms with Gasteiger partial charge in [0.2, 0.25) is 0 Å². The van der Waals surface area contributed by atoms with Crippen LogP contribution in [0, 0.1) is 11.6 Å². The number of para-hydroxylation sites is 1. The minimum Gasteiger partial charge on any atom is -0.260 e. The van der Waals surface area contributed by atoms with E-state index in [2.05, 4.69) is 17.3 Å². The maximum atomic E-state index is 13.5. The summed E-state index contributed by atoms with van der Waals surface area (Å²) in [6.07, 6.45) is 6.00. The SMILES string of the molecule is Fc1cc(F)cc(C2CCCC3(C=Nc4ccccc43)C2)c1. The fourth-order valence-electron chi connectivity index (χ4n) is 4.03. The second-order valence-electron chi connectivity index (χ2n) is 6.43. The maximum absolute atomic E-state index is 13.5. The van der Waals surface area contributed by atoms with Crippen molar-refractivity contribution in [3.8, 4) is 0 Å². The van der Waals surface area contributed by atoms with Gasteiger partial charge in [-0.1, -0.05) is 24.6 Å². The number of halogens is 2. The molecule has 112 valence electrons. The minimum atomic E-state index is -0.491. The Hall–Kier alpha value is -2.03. The number of fused-ring (bicyclic) bond motifs is 2. The Bertz CT molecular complexity index is 733. The van der Waals surface area contributed by atoms with Gasteiger partial charge in [-0.05, 0) is 54.5 Å². The topological polar surface area (TPSA) is 12.4 Å². The molecular formula is C19H17F2N. The van der Waals surface area contributed by atoms with Gasteiger partial charge in [0.15, 0.2) is 0 Å². The molecule has 0 amide bonds.